The predicted octanol–water partition coefficient (Wildman–Crippen LogP) is 1.10. The largest absolute Gasteiger partial charge is 0.330 e. The van der Waals surface area contributed by atoms with Crippen LogP contribution in [0.1, 0.15) is 13.3 Å². The Morgan fingerprint density at radius 2 is 1.83 bits per heavy atom. The van der Waals surface area contributed by atoms with Crippen LogP contribution < -0.4 is 5.73 Å². The first kappa shape index (κ1) is 9.58. The molecule has 3 heteroatoms. The quantitative estimate of drug-likeness (QED) is 0.504. The summed E-state index contributed by atoms with van der Waals surface area (Å²) in [7, 11) is 0.917. The van der Waals surface area contributed by atoms with E-state index in [2.05, 4.69) is 6.92 Å². The maximum absolute atomic E-state index is 9.42. The van der Waals surface area contributed by atoms with E-state index in [1.807, 2.05) is 0 Å². The van der Waals surface area contributed by atoms with E-state index in [9.17, 15) is 4.20 Å². The van der Waals surface area contributed by atoms with Gasteiger partial charge in [0.2, 0.25) is 0 Å². The van der Waals surface area contributed by atoms with Crippen LogP contribution in [0.15, 0.2) is 0 Å². The Balaban J connectivity index is 0. The van der Waals surface area contributed by atoms with Crippen molar-refractivity contribution in [3.05, 3.63) is 0 Å². The number of halogens is 1. The van der Waals surface area contributed by atoms with E-state index in [4.69, 9.17) is 5.73 Å². The predicted molar refractivity (Wildman–Crippen MR) is 30.2 cm³/mol. The van der Waals surface area contributed by atoms with Crippen molar-refractivity contribution in [2.75, 3.05) is 6.54 Å². The lowest BCUT2D eigenvalue weighted by atomic mass is 10.5. The summed E-state index contributed by atoms with van der Waals surface area (Å²) in [5, 5.41) is 0. The molecule has 0 bridgehead atoms. The number of rotatable bonds is 1. The molecule has 2 N–H and O–H groups in total. The topological polar surface area (TPSA) is 26.0 Å². The fourth-order valence-electron chi connectivity index (χ4n) is 0. The van der Waals surface area contributed by atoms with Gasteiger partial charge in [-0.05, 0) is 13.0 Å². The van der Waals surface area contributed by atoms with Crippen LogP contribution in [0.4, 0.5) is 4.20 Å². The minimum atomic E-state index is 0.819. The summed E-state index contributed by atoms with van der Waals surface area (Å²) in [5.74, 6) is 0. The molecule has 0 aromatic rings. The highest BCUT2D eigenvalue weighted by Gasteiger charge is 1.55. The Bertz CT molecular complexity index is 12.8. The van der Waals surface area contributed by atoms with E-state index >= 15 is 0 Å². The van der Waals surface area contributed by atoms with E-state index in [1.54, 1.807) is 0 Å². The number of hydrogen-bond acceptors (Lipinski definition) is 1. The van der Waals surface area contributed by atoms with Crippen molar-refractivity contribution in [3.8, 4) is 0 Å². The smallest absolute Gasteiger partial charge is 0.0526 e. The first-order chi connectivity index (χ1) is 2.91. The third-order valence-electron chi connectivity index (χ3n) is 0.289. The molecule has 1 nitrogen and oxygen atoms in total. The van der Waals surface area contributed by atoms with Gasteiger partial charge in [-0.25, -0.2) is 4.20 Å². The van der Waals surface area contributed by atoms with Crippen LogP contribution in [0, 0.1) is 0 Å². The van der Waals surface area contributed by atoms with Gasteiger partial charge in [0, 0.05) is 0 Å². The molecular formula is C3H11FNP. The van der Waals surface area contributed by atoms with E-state index in [1.165, 1.54) is 0 Å². The zero-order valence-corrected chi connectivity index (χ0v) is 5.10. The normalized spacial score (nSPS) is 6.00. The van der Waals surface area contributed by atoms with E-state index in [0.29, 0.717) is 0 Å². The molecule has 0 amide bonds. The van der Waals surface area contributed by atoms with E-state index in [-0.39, 0.29) is 0 Å². The molecule has 1 unspecified atom stereocenters. The summed E-state index contributed by atoms with van der Waals surface area (Å²) in [5.41, 5.74) is 5.03. The van der Waals surface area contributed by atoms with Crippen LogP contribution >= 0.6 is 9.55 Å². The summed E-state index contributed by atoms with van der Waals surface area (Å²) >= 11 is 0. The van der Waals surface area contributed by atoms with Crippen LogP contribution in [0.25, 0.3) is 0 Å². The van der Waals surface area contributed by atoms with Gasteiger partial charge in [-0.3, -0.25) is 0 Å². The third-order valence-corrected chi connectivity index (χ3v) is 0.289. The number of nitrogens with two attached hydrogens (primary N) is 1. The second kappa shape index (κ2) is 18.4. The number of hydrogen-bond donors (Lipinski definition) is 1. The summed E-state index contributed by atoms with van der Waals surface area (Å²) in [6.45, 7) is 2.88. The highest BCUT2D eigenvalue weighted by atomic mass is 31.1. The molecule has 1 atom stereocenters. The second-order valence-corrected chi connectivity index (χ2v) is 0.789. The van der Waals surface area contributed by atoms with Crippen LogP contribution in [0.5, 0.6) is 0 Å². The van der Waals surface area contributed by atoms with Crippen molar-refractivity contribution >= 4 is 9.55 Å². The highest BCUT2D eigenvalue weighted by Crippen LogP contribution is 1.66. The summed E-state index contributed by atoms with van der Waals surface area (Å²) in [6.07, 6.45) is 1.10. The van der Waals surface area contributed by atoms with Gasteiger partial charge in [0.25, 0.3) is 0 Å². The molecular weight excluding hydrogens is 100 g/mol. The molecule has 0 rings (SSSR count). The van der Waals surface area contributed by atoms with Gasteiger partial charge in [0.1, 0.15) is 0 Å². The van der Waals surface area contributed by atoms with Crippen molar-refractivity contribution in [3.63, 3.8) is 0 Å². The summed E-state index contributed by atoms with van der Waals surface area (Å²) in [4.78, 5) is 0. The van der Waals surface area contributed by atoms with Crippen molar-refractivity contribution < 1.29 is 4.20 Å². The molecule has 0 aliphatic rings. The fraction of sp³-hybridized carbons (Fsp3) is 1.00. The van der Waals surface area contributed by atoms with Gasteiger partial charge >= 0.3 is 0 Å². The molecule has 0 saturated heterocycles. The first-order valence-corrected chi connectivity index (χ1v) is 2.27. The van der Waals surface area contributed by atoms with Crippen molar-refractivity contribution in [2.45, 2.75) is 13.3 Å². The molecule has 0 heterocycles. The van der Waals surface area contributed by atoms with Crippen molar-refractivity contribution in [1.82, 2.24) is 0 Å². The van der Waals surface area contributed by atoms with Gasteiger partial charge in [-0.1, -0.05) is 6.92 Å². The van der Waals surface area contributed by atoms with E-state index in [0.717, 1.165) is 22.5 Å². The van der Waals surface area contributed by atoms with Gasteiger partial charge in [0.15, 0.2) is 0 Å². The molecule has 6 heavy (non-hydrogen) atoms. The maximum atomic E-state index is 9.42. The minimum Gasteiger partial charge on any atom is -0.330 e. The molecule has 0 aliphatic carbocycles. The second-order valence-electron chi connectivity index (χ2n) is 0.789. The van der Waals surface area contributed by atoms with Crippen LogP contribution in [0.2, 0.25) is 0 Å². The van der Waals surface area contributed by atoms with Crippen LogP contribution in [-0.2, 0) is 0 Å². The molecule has 0 aromatic heterocycles. The zero-order chi connectivity index (χ0) is 5.41. The Kier molecular flexibility index (Phi) is 29.5. The first-order valence-electron chi connectivity index (χ1n) is 1.83. The molecule has 40 valence electrons. The minimum absolute atomic E-state index is 0.819. The van der Waals surface area contributed by atoms with E-state index < -0.39 is 0 Å². The molecule has 0 radical (unpaired) electrons. The standard InChI is InChI=1S/C3H9N.FH2P/c1-2-3-4;1-2/h2-4H2,1H3;2H2. The lowest BCUT2D eigenvalue weighted by molar-refractivity contribution is 0.932. The summed E-state index contributed by atoms with van der Waals surface area (Å²) < 4.78 is 9.42. The molecule has 0 aliphatic heterocycles. The Morgan fingerprint density at radius 1 is 1.67 bits per heavy atom. The van der Waals surface area contributed by atoms with Gasteiger partial charge in [-0.15, -0.1) is 0 Å². The molecule has 0 aromatic carbocycles. The van der Waals surface area contributed by atoms with Gasteiger partial charge in [-0.2, -0.15) is 0 Å². The average Bonchev–Trinajstić information content (AvgIpc) is 1.72. The zero-order valence-electron chi connectivity index (χ0n) is 3.95. The van der Waals surface area contributed by atoms with Crippen LogP contribution in [0.3, 0.4) is 0 Å². The summed E-state index contributed by atoms with van der Waals surface area (Å²) in [6, 6.07) is 0. The SMILES string of the molecule is CCCN.FP. The van der Waals surface area contributed by atoms with Crippen molar-refractivity contribution in [2.24, 2.45) is 5.73 Å². The maximum Gasteiger partial charge on any atom is 0.0526 e. The molecule has 0 fully saturated rings. The van der Waals surface area contributed by atoms with Crippen LogP contribution in [-0.4, -0.2) is 6.54 Å². The lowest BCUT2D eigenvalue weighted by Gasteiger charge is -1.70. The Morgan fingerprint density at radius 3 is 1.83 bits per heavy atom. The monoisotopic (exact) mass is 111 g/mol. The fourth-order valence-corrected chi connectivity index (χ4v) is 0. The average molecular weight is 111 g/mol. The van der Waals surface area contributed by atoms with Gasteiger partial charge < -0.3 is 5.73 Å². The lowest BCUT2D eigenvalue weighted by Crippen LogP contribution is -1.93. The Labute approximate surface area is 40.4 Å². The molecule has 0 saturated carbocycles. The third kappa shape index (κ3) is 27.3. The van der Waals surface area contributed by atoms with Gasteiger partial charge in [0.05, 0.1) is 9.55 Å². The van der Waals surface area contributed by atoms with Crippen molar-refractivity contribution in [1.29, 1.82) is 0 Å². The highest BCUT2D eigenvalue weighted by molar-refractivity contribution is 7.09. The molecule has 0 spiro atoms. The Hall–Kier alpha value is 0.320.